The van der Waals surface area contributed by atoms with Crippen molar-refractivity contribution >= 4 is 40.7 Å². The molecule has 0 radical (unpaired) electrons. The van der Waals surface area contributed by atoms with E-state index in [4.69, 9.17) is 9.26 Å². The second-order valence-electron chi connectivity index (χ2n) is 16.2. The number of ether oxygens (including phenoxy) is 1. The van der Waals surface area contributed by atoms with Crippen LogP contribution in [0.15, 0.2) is 59.1 Å². The molecule has 3 aliphatic heterocycles. The lowest BCUT2D eigenvalue weighted by Crippen LogP contribution is -2.54. The van der Waals surface area contributed by atoms with E-state index in [0.717, 1.165) is 81.7 Å². The van der Waals surface area contributed by atoms with Crippen LogP contribution in [0.25, 0.3) is 11.1 Å². The van der Waals surface area contributed by atoms with Crippen LogP contribution in [0.1, 0.15) is 81.8 Å². The summed E-state index contributed by atoms with van der Waals surface area (Å²) in [5.74, 6) is -2.46. The lowest BCUT2D eigenvalue weighted by atomic mass is 9.96. The first-order valence-corrected chi connectivity index (χ1v) is 19.1. The molecule has 5 aliphatic rings. The fraction of sp³-hybridized carbons (Fsp3) is 0.395. The Balaban J connectivity index is 0.906. The van der Waals surface area contributed by atoms with Crippen LogP contribution in [-0.2, 0) is 19.7 Å². The average molecular weight is 757 g/mol. The molecule has 56 heavy (non-hydrogen) atoms. The van der Waals surface area contributed by atoms with Gasteiger partial charge in [0.05, 0.1) is 46.7 Å². The molecular formula is C43H41FN6O6. The van der Waals surface area contributed by atoms with E-state index in [1.807, 2.05) is 13.8 Å². The van der Waals surface area contributed by atoms with E-state index in [2.05, 4.69) is 70.8 Å². The highest BCUT2D eigenvalue weighted by Gasteiger charge is 2.48. The summed E-state index contributed by atoms with van der Waals surface area (Å²) >= 11 is 0. The van der Waals surface area contributed by atoms with Gasteiger partial charge in [-0.25, -0.2) is 4.39 Å². The van der Waals surface area contributed by atoms with Gasteiger partial charge in [0.15, 0.2) is 0 Å². The quantitative estimate of drug-likeness (QED) is 0.176. The molecule has 2 saturated heterocycles. The summed E-state index contributed by atoms with van der Waals surface area (Å²) in [5.41, 5.74) is 6.74. The van der Waals surface area contributed by atoms with Crippen molar-refractivity contribution in [3.63, 3.8) is 0 Å². The second-order valence-corrected chi connectivity index (χ2v) is 16.2. The van der Waals surface area contributed by atoms with Crippen LogP contribution in [0.5, 0.6) is 0 Å². The minimum absolute atomic E-state index is 0.00515. The van der Waals surface area contributed by atoms with E-state index in [1.165, 1.54) is 6.07 Å². The lowest BCUT2D eigenvalue weighted by Gasteiger charge is -2.41. The van der Waals surface area contributed by atoms with Gasteiger partial charge in [-0.15, -0.1) is 0 Å². The minimum Gasteiger partial charge on any atom is -0.374 e. The molecule has 2 saturated carbocycles. The Morgan fingerprint density at radius 3 is 2.32 bits per heavy atom. The zero-order valence-electron chi connectivity index (χ0n) is 31.5. The zero-order chi connectivity index (χ0) is 39.1. The Labute approximate surface area is 323 Å². The average Bonchev–Trinajstić information content (AvgIpc) is 4.09. The Bertz CT molecular complexity index is 2350. The van der Waals surface area contributed by atoms with Crippen LogP contribution in [0.3, 0.4) is 0 Å². The van der Waals surface area contributed by atoms with Crippen molar-refractivity contribution in [1.82, 2.24) is 15.4 Å². The molecule has 4 heterocycles. The van der Waals surface area contributed by atoms with Crippen molar-refractivity contribution < 1.29 is 32.8 Å². The predicted octanol–water partition coefficient (Wildman–Crippen LogP) is 6.19. The Kier molecular flexibility index (Phi) is 8.39. The molecule has 286 valence electrons. The zero-order valence-corrected chi connectivity index (χ0v) is 31.5. The highest BCUT2D eigenvalue weighted by Crippen LogP contribution is 2.51. The van der Waals surface area contributed by atoms with Crippen molar-refractivity contribution in [2.24, 2.45) is 5.41 Å². The number of rotatable bonds is 11. The summed E-state index contributed by atoms with van der Waals surface area (Å²) in [4.78, 5) is 55.6. The second kappa shape index (κ2) is 13.1. The van der Waals surface area contributed by atoms with E-state index in [1.54, 1.807) is 4.90 Å². The number of nitriles is 1. The number of hydrogen-bond acceptors (Lipinski definition) is 10. The number of nitrogens with one attached hydrogen (secondary N) is 1. The number of fused-ring (bicyclic) bond motifs is 1. The maximum atomic E-state index is 15.5. The topological polar surface area (TPSA) is 149 Å². The summed E-state index contributed by atoms with van der Waals surface area (Å²) in [6, 6.07) is 18.7. The molecule has 1 N–H and O–H groups in total. The molecule has 2 aliphatic carbocycles. The van der Waals surface area contributed by atoms with Crippen molar-refractivity contribution in [1.29, 1.82) is 5.26 Å². The van der Waals surface area contributed by atoms with Gasteiger partial charge in [0.1, 0.15) is 17.6 Å². The summed E-state index contributed by atoms with van der Waals surface area (Å²) < 4.78 is 27.5. The predicted molar refractivity (Wildman–Crippen MR) is 203 cm³/mol. The fourth-order valence-corrected chi connectivity index (χ4v) is 8.43. The van der Waals surface area contributed by atoms with E-state index < -0.39 is 35.5 Å². The van der Waals surface area contributed by atoms with Crippen LogP contribution in [-0.4, -0.2) is 72.1 Å². The van der Waals surface area contributed by atoms with Gasteiger partial charge in [-0.3, -0.25) is 29.4 Å². The van der Waals surface area contributed by atoms with Crippen molar-refractivity contribution in [2.75, 3.05) is 36.0 Å². The van der Waals surface area contributed by atoms with Gasteiger partial charge in [0.25, 0.3) is 11.8 Å². The molecule has 4 fully saturated rings. The monoisotopic (exact) mass is 756 g/mol. The van der Waals surface area contributed by atoms with E-state index in [9.17, 15) is 24.4 Å². The molecular weight excluding hydrogens is 716 g/mol. The van der Waals surface area contributed by atoms with E-state index >= 15 is 4.39 Å². The molecule has 13 heteroatoms. The number of carbonyl (C=O) groups excluding carboxylic acids is 4. The third kappa shape index (κ3) is 6.03. The Morgan fingerprint density at radius 2 is 1.70 bits per heavy atom. The number of anilines is 3. The third-order valence-electron chi connectivity index (χ3n) is 12.3. The highest BCUT2D eigenvalue weighted by molar-refractivity contribution is 6.23. The smallest absolute Gasteiger partial charge is 0.262 e. The first-order chi connectivity index (χ1) is 26.9. The molecule has 9 rings (SSSR count). The number of amides is 4. The number of benzene rings is 3. The van der Waals surface area contributed by atoms with Gasteiger partial charge >= 0.3 is 0 Å². The third-order valence-corrected chi connectivity index (χ3v) is 12.3. The van der Waals surface area contributed by atoms with Crippen LogP contribution in [0, 0.1) is 43.3 Å². The number of aromatic nitrogens is 1. The number of aryl methyl sites for hydroxylation is 3. The number of carbonyl (C=O) groups is 4. The molecule has 1 aromatic heterocycles. The van der Waals surface area contributed by atoms with Gasteiger partial charge in [-0.2, -0.15) is 5.26 Å². The standard InChI is InChI=1S/C43H41FN6O6/c1-24-4-5-27(38-25(2)47-56-26(38)3)16-35(24)49(29-8-6-28(7-9-29)43(21-45)14-15-43)22-42(12-13-42)23-55-30-19-48(20-30)36-18-32-31(17-33(36)44)40(53)50(41(32)54)34-10-11-37(51)46-39(34)52/h4-9,16-18,30,34H,10-15,19-20,22-23H2,1-3H3,(H,46,51,52). The maximum Gasteiger partial charge on any atom is 0.262 e. The number of hydrogen-bond donors (Lipinski definition) is 1. The summed E-state index contributed by atoms with van der Waals surface area (Å²) in [7, 11) is 0. The van der Waals surface area contributed by atoms with Gasteiger partial charge in [-0.1, -0.05) is 29.4 Å². The number of nitrogens with zero attached hydrogens (tertiary/aromatic N) is 5. The molecule has 0 spiro atoms. The van der Waals surface area contributed by atoms with E-state index in [-0.39, 0.29) is 46.6 Å². The molecule has 4 aromatic rings. The van der Waals surface area contributed by atoms with Crippen molar-refractivity contribution in [3.05, 3.63) is 94.1 Å². The van der Waals surface area contributed by atoms with Gasteiger partial charge in [0.2, 0.25) is 11.8 Å². The Hall–Kier alpha value is -5.87. The molecule has 1 unspecified atom stereocenters. The fourth-order valence-electron chi connectivity index (χ4n) is 8.43. The molecule has 12 nitrogen and oxygen atoms in total. The number of halogens is 1. The Morgan fingerprint density at radius 1 is 0.982 bits per heavy atom. The largest absolute Gasteiger partial charge is 0.374 e. The summed E-state index contributed by atoms with van der Waals surface area (Å²) in [6.45, 7) is 8.02. The van der Waals surface area contributed by atoms with Crippen LogP contribution < -0.4 is 15.1 Å². The summed E-state index contributed by atoms with van der Waals surface area (Å²) in [5, 5.41) is 16.2. The maximum absolute atomic E-state index is 15.5. The van der Waals surface area contributed by atoms with Crippen LogP contribution in [0.2, 0.25) is 0 Å². The summed E-state index contributed by atoms with van der Waals surface area (Å²) in [6.07, 6.45) is 3.60. The molecule has 0 bridgehead atoms. The van der Waals surface area contributed by atoms with Crippen molar-refractivity contribution in [3.8, 4) is 17.2 Å². The van der Waals surface area contributed by atoms with Gasteiger partial charge in [-0.05, 0) is 99.9 Å². The normalized spacial score (nSPS) is 20.7. The first kappa shape index (κ1) is 35.8. The first-order valence-electron chi connectivity index (χ1n) is 19.1. The van der Waals surface area contributed by atoms with E-state index in [0.29, 0.717) is 26.2 Å². The molecule has 1 atom stereocenters. The SMILES string of the molecule is Cc1ccc(-c2c(C)noc2C)cc1N(CC1(COC2CN(c3cc4c(cc3F)C(=O)N(C3CCC(=O)NC3=O)C4=O)C2)CC1)c1ccc(C2(C#N)CC2)cc1. The van der Waals surface area contributed by atoms with Crippen LogP contribution in [0.4, 0.5) is 21.5 Å². The number of imide groups is 2. The van der Waals surface area contributed by atoms with Gasteiger partial charge in [0, 0.05) is 48.4 Å². The van der Waals surface area contributed by atoms with Crippen LogP contribution >= 0.6 is 0 Å². The molecule has 3 aromatic carbocycles. The minimum atomic E-state index is -1.12. The lowest BCUT2D eigenvalue weighted by molar-refractivity contribution is -0.136. The number of piperidine rings is 1. The van der Waals surface area contributed by atoms with Gasteiger partial charge < -0.3 is 19.1 Å². The highest BCUT2D eigenvalue weighted by atomic mass is 19.1. The molecule has 4 amide bonds. The van der Waals surface area contributed by atoms with Crippen molar-refractivity contribution in [2.45, 2.75) is 76.9 Å².